The molecule has 1 fully saturated rings. The number of ether oxygens (including phenoxy) is 2. The van der Waals surface area contributed by atoms with Crippen LogP contribution in [0.15, 0.2) is 72.3 Å². The maximum Gasteiger partial charge on any atom is 0.283 e. The van der Waals surface area contributed by atoms with Crippen molar-refractivity contribution in [2.75, 3.05) is 24.2 Å². The van der Waals surface area contributed by atoms with Crippen molar-refractivity contribution in [2.24, 2.45) is 0 Å². The number of benzene rings is 3. The molecule has 0 bridgehead atoms. The first kappa shape index (κ1) is 21.0. The lowest BCUT2D eigenvalue weighted by Crippen LogP contribution is -2.41. The average molecular weight is 436 g/mol. The summed E-state index contributed by atoms with van der Waals surface area (Å²) >= 11 is 0. The van der Waals surface area contributed by atoms with Crippen molar-refractivity contribution >= 4 is 29.3 Å². The van der Waals surface area contributed by atoms with Crippen molar-refractivity contribution in [2.45, 2.75) is 0 Å². The van der Waals surface area contributed by atoms with E-state index in [2.05, 4.69) is 0 Å². The van der Waals surface area contributed by atoms with Crippen molar-refractivity contribution in [3.05, 3.63) is 89.5 Å². The van der Waals surface area contributed by atoms with Gasteiger partial charge in [-0.15, -0.1) is 0 Å². The predicted molar refractivity (Wildman–Crippen MR) is 115 cm³/mol. The quantitative estimate of drug-likeness (QED) is 0.441. The van der Waals surface area contributed by atoms with E-state index in [-0.39, 0.29) is 16.9 Å². The van der Waals surface area contributed by atoms with Gasteiger partial charge in [-0.25, -0.2) is 18.8 Å². The third-order valence-electron chi connectivity index (χ3n) is 4.92. The van der Waals surface area contributed by atoms with Gasteiger partial charge in [0.25, 0.3) is 11.8 Å². The topological polar surface area (TPSA) is 59.1 Å². The number of anilines is 2. The van der Waals surface area contributed by atoms with Crippen LogP contribution in [0, 0.1) is 11.6 Å². The number of hydrogen-bond acceptors (Lipinski definition) is 4. The second-order valence-electron chi connectivity index (χ2n) is 6.83. The molecule has 1 aliphatic rings. The van der Waals surface area contributed by atoms with Crippen LogP contribution < -0.4 is 19.5 Å². The lowest BCUT2D eigenvalue weighted by Gasteiger charge is -2.27. The van der Waals surface area contributed by atoms with Gasteiger partial charge in [0.2, 0.25) is 0 Å². The highest BCUT2D eigenvalue weighted by Crippen LogP contribution is 2.36. The summed E-state index contributed by atoms with van der Waals surface area (Å²) in [6.07, 6.45) is 1.41. The molecule has 0 aliphatic carbocycles. The van der Waals surface area contributed by atoms with Gasteiger partial charge in [0.05, 0.1) is 25.6 Å². The Labute approximate surface area is 182 Å². The van der Waals surface area contributed by atoms with Crippen molar-refractivity contribution in [1.82, 2.24) is 0 Å². The zero-order valence-electron chi connectivity index (χ0n) is 17.2. The normalized spacial score (nSPS) is 13.6. The molecule has 1 heterocycles. The van der Waals surface area contributed by atoms with Gasteiger partial charge in [0.1, 0.15) is 17.2 Å². The van der Waals surface area contributed by atoms with Crippen molar-refractivity contribution in [3.63, 3.8) is 0 Å². The Balaban J connectivity index is 1.86. The molecule has 3 aromatic rings. The second-order valence-corrected chi connectivity index (χ2v) is 6.83. The van der Waals surface area contributed by atoms with E-state index in [0.29, 0.717) is 17.1 Å². The van der Waals surface area contributed by atoms with Crippen molar-refractivity contribution in [1.29, 1.82) is 0 Å². The van der Waals surface area contributed by atoms with Crippen LogP contribution in [0.1, 0.15) is 5.56 Å². The molecule has 0 N–H and O–H groups in total. The van der Waals surface area contributed by atoms with Gasteiger partial charge < -0.3 is 9.47 Å². The molecule has 1 saturated heterocycles. The highest BCUT2D eigenvalue weighted by atomic mass is 19.1. The number of rotatable bonds is 5. The molecule has 162 valence electrons. The van der Waals surface area contributed by atoms with Gasteiger partial charge in [-0.3, -0.25) is 9.59 Å². The molecule has 8 heteroatoms. The zero-order valence-corrected chi connectivity index (χ0v) is 17.2. The SMILES string of the molecule is COc1cccc(C=C2C(=O)N(c3ccc(F)cc3)N(c3ccc(F)cc3)C2=O)c1OC. The van der Waals surface area contributed by atoms with Crippen LogP contribution >= 0.6 is 0 Å². The van der Waals surface area contributed by atoms with E-state index in [4.69, 9.17) is 9.47 Å². The number of methoxy groups -OCH3 is 2. The van der Waals surface area contributed by atoms with E-state index >= 15 is 0 Å². The Hall–Kier alpha value is -4.20. The van der Waals surface area contributed by atoms with Gasteiger partial charge in [0, 0.05) is 5.56 Å². The lowest BCUT2D eigenvalue weighted by atomic mass is 10.1. The van der Waals surface area contributed by atoms with Gasteiger partial charge in [0.15, 0.2) is 11.5 Å². The van der Waals surface area contributed by atoms with Gasteiger partial charge >= 0.3 is 0 Å². The van der Waals surface area contributed by atoms with Crippen LogP contribution in [0.5, 0.6) is 11.5 Å². The molecule has 0 saturated carbocycles. The molecule has 32 heavy (non-hydrogen) atoms. The van der Waals surface area contributed by atoms with Crippen LogP contribution in [0.3, 0.4) is 0 Å². The summed E-state index contributed by atoms with van der Waals surface area (Å²) in [6.45, 7) is 0. The molecule has 0 atom stereocenters. The fraction of sp³-hybridized carbons (Fsp3) is 0.0833. The Bertz CT molecular complexity index is 1140. The van der Waals surface area contributed by atoms with Crippen molar-refractivity contribution < 1.29 is 27.8 Å². The molecular weight excluding hydrogens is 418 g/mol. The number of carbonyl (C=O) groups is 2. The highest BCUT2D eigenvalue weighted by molar-refractivity contribution is 6.38. The first-order valence-electron chi connectivity index (χ1n) is 9.57. The fourth-order valence-electron chi connectivity index (χ4n) is 3.44. The molecule has 0 aromatic heterocycles. The lowest BCUT2D eigenvalue weighted by molar-refractivity contribution is -0.116. The molecule has 3 aromatic carbocycles. The number of carbonyl (C=O) groups excluding carboxylic acids is 2. The van der Waals surface area contributed by atoms with Gasteiger partial charge in [-0.2, -0.15) is 0 Å². The number of nitrogens with zero attached hydrogens (tertiary/aromatic N) is 2. The molecular formula is C24H18F2N2O4. The minimum absolute atomic E-state index is 0.148. The largest absolute Gasteiger partial charge is 0.493 e. The van der Waals surface area contributed by atoms with Crippen LogP contribution in [-0.2, 0) is 9.59 Å². The first-order valence-corrected chi connectivity index (χ1v) is 9.57. The summed E-state index contributed by atoms with van der Waals surface area (Å²) in [5.41, 5.74) is 0.860. The van der Waals surface area contributed by atoms with E-state index in [1.807, 2.05) is 0 Å². The van der Waals surface area contributed by atoms with Crippen LogP contribution in [0.4, 0.5) is 20.2 Å². The maximum atomic E-state index is 13.5. The third kappa shape index (κ3) is 3.66. The minimum Gasteiger partial charge on any atom is -0.493 e. The molecule has 1 aliphatic heterocycles. The average Bonchev–Trinajstić information content (AvgIpc) is 3.04. The summed E-state index contributed by atoms with van der Waals surface area (Å²) in [5, 5.41) is 2.24. The predicted octanol–water partition coefficient (Wildman–Crippen LogP) is 4.36. The standard InChI is InChI=1S/C24H18F2N2O4/c1-31-21-5-3-4-15(22(21)32-2)14-20-23(29)27(18-10-6-16(25)7-11-18)28(24(20)30)19-12-8-17(26)9-13-19/h3-14H,1-2H3. The van der Waals surface area contributed by atoms with Crippen LogP contribution in [0.25, 0.3) is 6.08 Å². The Morgan fingerprint density at radius 3 is 1.66 bits per heavy atom. The molecule has 6 nitrogen and oxygen atoms in total. The summed E-state index contributed by atoms with van der Waals surface area (Å²) in [4.78, 5) is 26.7. The summed E-state index contributed by atoms with van der Waals surface area (Å²) in [6, 6.07) is 15.3. The Morgan fingerprint density at radius 2 is 1.22 bits per heavy atom. The van der Waals surface area contributed by atoms with Crippen LogP contribution in [0.2, 0.25) is 0 Å². The number of amides is 2. The monoisotopic (exact) mass is 436 g/mol. The number of para-hydroxylation sites is 1. The molecule has 0 radical (unpaired) electrons. The van der Waals surface area contributed by atoms with E-state index in [9.17, 15) is 18.4 Å². The molecule has 2 amide bonds. The van der Waals surface area contributed by atoms with E-state index in [1.165, 1.54) is 68.8 Å². The molecule has 0 unspecified atom stereocenters. The van der Waals surface area contributed by atoms with Crippen molar-refractivity contribution in [3.8, 4) is 11.5 Å². The van der Waals surface area contributed by atoms with Gasteiger partial charge in [-0.1, -0.05) is 12.1 Å². The second kappa shape index (κ2) is 8.50. The van der Waals surface area contributed by atoms with Gasteiger partial charge in [-0.05, 0) is 60.7 Å². The van der Waals surface area contributed by atoms with Crippen LogP contribution in [-0.4, -0.2) is 26.0 Å². The summed E-state index contributed by atoms with van der Waals surface area (Å²) < 4.78 is 37.6. The van der Waals surface area contributed by atoms with E-state index in [0.717, 1.165) is 10.0 Å². The molecule has 4 rings (SSSR count). The number of hydrogen-bond donors (Lipinski definition) is 0. The maximum absolute atomic E-state index is 13.5. The third-order valence-corrected chi connectivity index (χ3v) is 4.92. The molecule has 0 spiro atoms. The van der Waals surface area contributed by atoms with E-state index < -0.39 is 23.4 Å². The first-order chi connectivity index (χ1) is 15.4. The zero-order chi connectivity index (χ0) is 22.8. The van der Waals surface area contributed by atoms with E-state index in [1.54, 1.807) is 18.2 Å². The summed E-state index contributed by atoms with van der Waals surface area (Å²) in [5.74, 6) is -1.44. The Morgan fingerprint density at radius 1 is 0.719 bits per heavy atom. The number of halogens is 2. The fourth-order valence-corrected chi connectivity index (χ4v) is 3.44. The highest BCUT2D eigenvalue weighted by Gasteiger charge is 2.43. The number of hydrazine groups is 1. The Kier molecular flexibility index (Phi) is 5.59. The summed E-state index contributed by atoms with van der Waals surface area (Å²) in [7, 11) is 2.93. The minimum atomic E-state index is -0.629. The smallest absolute Gasteiger partial charge is 0.283 e.